The Kier molecular flexibility index (Phi) is 8.85. The van der Waals surface area contributed by atoms with Gasteiger partial charge in [0.15, 0.2) is 5.78 Å². The molecule has 0 aromatic heterocycles. The van der Waals surface area contributed by atoms with Crippen molar-refractivity contribution < 1.29 is 24.2 Å². The van der Waals surface area contributed by atoms with E-state index in [4.69, 9.17) is 15.6 Å². The average molecular weight is 398 g/mol. The number of Topliss-reactive ketones (excluding diaryl/α,β-unsaturated/α-hetero) is 1. The Morgan fingerprint density at radius 2 is 1.66 bits per heavy atom. The van der Waals surface area contributed by atoms with Gasteiger partial charge in [0.1, 0.15) is 12.6 Å². The van der Waals surface area contributed by atoms with Crippen LogP contribution in [0.4, 0.5) is 4.79 Å². The number of nitrogens with one attached hydrogen (secondary N) is 1. The van der Waals surface area contributed by atoms with Gasteiger partial charge in [-0.2, -0.15) is 0 Å². The van der Waals surface area contributed by atoms with Gasteiger partial charge >= 0.3 is 12.1 Å². The van der Waals surface area contributed by atoms with E-state index in [1.165, 1.54) is 0 Å². The maximum Gasteiger partial charge on any atom is 0.407 e. The van der Waals surface area contributed by atoms with Crippen LogP contribution in [0.25, 0.3) is 0 Å². The molecule has 0 radical (unpaired) electrons. The summed E-state index contributed by atoms with van der Waals surface area (Å²) in [4.78, 5) is 34.7. The number of nitrogens with two attached hydrogens (primary N) is 1. The first kappa shape index (κ1) is 22.1. The lowest BCUT2D eigenvalue weighted by atomic mass is 10.0. The van der Waals surface area contributed by atoms with Gasteiger partial charge in [0.25, 0.3) is 0 Å². The molecule has 154 valence electrons. The van der Waals surface area contributed by atoms with Gasteiger partial charge in [-0.1, -0.05) is 61.0 Å². The van der Waals surface area contributed by atoms with Gasteiger partial charge in [0, 0.05) is 18.5 Å². The molecule has 1 amide bonds. The van der Waals surface area contributed by atoms with E-state index < -0.39 is 18.1 Å². The maximum atomic E-state index is 12.2. The number of ether oxygens (including phenoxy) is 1. The first-order valence-electron chi connectivity index (χ1n) is 9.53. The normalized spacial score (nSPS) is 11.5. The summed E-state index contributed by atoms with van der Waals surface area (Å²) in [6, 6.07) is 14.7. The number of carboxylic acids is 1. The highest BCUT2D eigenvalue weighted by Gasteiger charge is 2.14. The monoisotopic (exact) mass is 398 g/mol. The third-order valence-corrected chi connectivity index (χ3v) is 4.42. The lowest BCUT2D eigenvalue weighted by molar-refractivity contribution is -0.138. The van der Waals surface area contributed by atoms with Crippen LogP contribution in [0.3, 0.4) is 0 Å². The van der Waals surface area contributed by atoms with Crippen molar-refractivity contribution in [2.45, 2.75) is 38.3 Å². The molecular weight excluding hydrogens is 372 g/mol. The number of amides is 1. The predicted molar refractivity (Wildman–Crippen MR) is 108 cm³/mol. The first-order valence-corrected chi connectivity index (χ1v) is 9.53. The number of rotatable bonds is 11. The topological polar surface area (TPSA) is 119 Å². The number of carbonyl (C=O) groups is 3. The average Bonchev–Trinajstić information content (AvgIpc) is 2.74. The molecule has 4 N–H and O–H groups in total. The van der Waals surface area contributed by atoms with Crippen molar-refractivity contribution in [2.75, 3.05) is 6.54 Å². The van der Waals surface area contributed by atoms with Crippen LogP contribution in [-0.2, 0) is 16.1 Å². The van der Waals surface area contributed by atoms with Gasteiger partial charge in [-0.25, -0.2) is 4.79 Å². The van der Waals surface area contributed by atoms with E-state index in [0.29, 0.717) is 30.5 Å². The smallest absolute Gasteiger partial charge is 0.407 e. The van der Waals surface area contributed by atoms with Gasteiger partial charge in [0.2, 0.25) is 0 Å². The number of aliphatic carboxylic acids is 1. The Labute approximate surface area is 169 Å². The molecule has 0 aliphatic carbocycles. The molecule has 0 aliphatic rings. The van der Waals surface area contributed by atoms with Gasteiger partial charge in [-0.3, -0.25) is 9.59 Å². The highest BCUT2D eigenvalue weighted by Crippen LogP contribution is 2.14. The van der Waals surface area contributed by atoms with E-state index in [0.717, 1.165) is 18.4 Å². The number of ketones is 1. The van der Waals surface area contributed by atoms with Crippen molar-refractivity contribution in [1.29, 1.82) is 0 Å². The molecule has 0 saturated heterocycles. The molecule has 0 fully saturated rings. The van der Waals surface area contributed by atoms with E-state index in [9.17, 15) is 14.4 Å². The molecule has 2 rings (SSSR count). The Morgan fingerprint density at radius 1 is 0.966 bits per heavy atom. The number of benzene rings is 2. The molecule has 1 unspecified atom stereocenters. The fraction of sp³-hybridized carbons (Fsp3) is 0.318. The molecule has 29 heavy (non-hydrogen) atoms. The second kappa shape index (κ2) is 11.6. The van der Waals surface area contributed by atoms with Crippen LogP contribution in [0.5, 0.6) is 0 Å². The zero-order valence-corrected chi connectivity index (χ0v) is 16.2. The number of alkyl carbamates (subject to hydrolysis) is 1. The van der Waals surface area contributed by atoms with E-state index in [2.05, 4.69) is 5.32 Å². The quantitative estimate of drug-likeness (QED) is 0.394. The molecule has 0 heterocycles. The van der Waals surface area contributed by atoms with Crippen molar-refractivity contribution in [1.82, 2.24) is 5.32 Å². The van der Waals surface area contributed by atoms with Crippen LogP contribution in [0.15, 0.2) is 54.6 Å². The van der Waals surface area contributed by atoms with E-state index in [1.807, 2.05) is 30.3 Å². The first-order chi connectivity index (χ1) is 14.0. The van der Waals surface area contributed by atoms with Crippen molar-refractivity contribution in [2.24, 2.45) is 5.73 Å². The summed E-state index contributed by atoms with van der Waals surface area (Å²) in [6.07, 6.45) is 2.19. The minimum Gasteiger partial charge on any atom is -0.480 e. The molecule has 7 heteroatoms. The molecular formula is C22H26N2O5. The minimum absolute atomic E-state index is 0.00400. The van der Waals surface area contributed by atoms with E-state index >= 15 is 0 Å². The SMILES string of the molecule is NC(C(=O)O)c1ccc(C(=O)CCCCCNC(=O)OCc2ccccc2)cc1. The number of unbranched alkanes of at least 4 members (excludes halogenated alkanes) is 2. The van der Waals surface area contributed by atoms with Crippen molar-refractivity contribution in [3.8, 4) is 0 Å². The van der Waals surface area contributed by atoms with Crippen LogP contribution >= 0.6 is 0 Å². The summed E-state index contributed by atoms with van der Waals surface area (Å²) in [5.74, 6) is -1.11. The minimum atomic E-state index is -1.11. The summed E-state index contributed by atoms with van der Waals surface area (Å²) in [6.45, 7) is 0.723. The number of carbonyl (C=O) groups excluding carboxylic acids is 2. The Hall–Kier alpha value is -3.19. The van der Waals surface area contributed by atoms with Crippen LogP contribution in [0.1, 0.15) is 53.2 Å². The van der Waals surface area contributed by atoms with Gasteiger partial charge < -0.3 is 20.9 Å². The van der Waals surface area contributed by atoms with Crippen LogP contribution in [0, 0.1) is 0 Å². The highest BCUT2D eigenvalue weighted by molar-refractivity contribution is 5.96. The number of hydrogen-bond acceptors (Lipinski definition) is 5. The molecule has 2 aromatic rings. The highest BCUT2D eigenvalue weighted by atomic mass is 16.5. The maximum absolute atomic E-state index is 12.2. The van der Waals surface area contributed by atoms with E-state index in [1.54, 1.807) is 24.3 Å². The lowest BCUT2D eigenvalue weighted by Crippen LogP contribution is -2.25. The van der Waals surface area contributed by atoms with Gasteiger partial charge in [-0.15, -0.1) is 0 Å². The fourth-order valence-corrected chi connectivity index (χ4v) is 2.72. The second-order valence-corrected chi connectivity index (χ2v) is 6.66. The lowest BCUT2D eigenvalue weighted by Gasteiger charge is -2.08. The van der Waals surface area contributed by atoms with E-state index in [-0.39, 0.29) is 12.4 Å². The van der Waals surface area contributed by atoms with Crippen LogP contribution in [-0.4, -0.2) is 29.5 Å². The van der Waals surface area contributed by atoms with Gasteiger partial charge in [0.05, 0.1) is 0 Å². The largest absolute Gasteiger partial charge is 0.480 e. The molecule has 0 bridgehead atoms. The molecule has 0 aliphatic heterocycles. The second-order valence-electron chi connectivity index (χ2n) is 6.66. The third-order valence-electron chi connectivity index (χ3n) is 4.42. The third kappa shape index (κ3) is 7.75. The summed E-state index contributed by atoms with van der Waals surface area (Å²) >= 11 is 0. The Balaban J connectivity index is 1.58. The summed E-state index contributed by atoms with van der Waals surface area (Å²) in [7, 11) is 0. The zero-order chi connectivity index (χ0) is 21.1. The van der Waals surface area contributed by atoms with Crippen LogP contribution in [0.2, 0.25) is 0 Å². The summed E-state index contributed by atoms with van der Waals surface area (Å²) in [5.41, 5.74) is 7.46. The van der Waals surface area contributed by atoms with Crippen molar-refractivity contribution >= 4 is 17.8 Å². The summed E-state index contributed by atoms with van der Waals surface area (Å²) in [5, 5.41) is 11.6. The molecule has 1 atom stereocenters. The van der Waals surface area contributed by atoms with Crippen LogP contribution < -0.4 is 11.1 Å². The Bertz CT molecular complexity index is 806. The Morgan fingerprint density at radius 3 is 2.31 bits per heavy atom. The number of carboxylic acid groups (broad SMARTS) is 1. The standard InChI is InChI=1S/C22H26N2O5/c23-20(21(26)27)18-12-10-17(11-13-18)19(25)9-5-2-6-14-24-22(28)29-15-16-7-3-1-4-8-16/h1,3-4,7-8,10-13,20H,2,5-6,9,14-15,23H2,(H,24,28)(H,26,27). The fourth-order valence-electron chi connectivity index (χ4n) is 2.72. The predicted octanol–water partition coefficient (Wildman–Crippen LogP) is 3.44. The number of hydrogen-bond donors (Lipinski definition) is 3. The zero-order valence-electron chi connectivity index (χ0n) is 16.2. The molecule has 0 spiro atoms. The van der Waals surface area contributed by atoms with Crippen molar-refractivity contribution in [3.05, 3.63) is 71.3 Å². The molecule has 7 nitrogen and oxygen atoms in total. The summed E-state index contributed by atoms with van der Waals surface area (Å²) < 4.78 is 5.12. The molecule has 2 aromatic carbocycles. The molecule has 0 saturated carbocycles. The van der Waals surface area contributed by atoms with Crippen molar-refractivity contribution in [3.63, 3.8) is 0 Å². The van der Waals surface area contributed by atoms with Gasteiger partial charge in [-0.05, 0) is 24.0 Å².